The van der Waals surface area contributed by atoms with E-state index in [0.717, 1.165) is 16.9 Å². The Bertz CT molecular complexity index is 533. The van der Waals surface area contributed by atoms with Gasteiger partial charge in [-0.25, -0.2) is 4.98 Å². The van der Waals surface area contributed by atoms with Gasteiger partial charge in [0.1, 0.15) is 5.82 Å². The highest BCUT2D eigenvalue weighted by Gasteiger charge is 2.15. The summed E-state index contributed by atoms with van der Waals surface area (Å²) in [4.78, 5) is 19.0. The molecule has 1 unspecified atom stereocenters. The molecule has 16 heavy (non-hydrogen) atoms. The van der Waals surface area contributed by atoms with E-state index in [9.17, 15) is 4.79 Å². The predicted octanol–water partition coefficient (Wildman–Crippen LogP) is 0.374. The molecule has 84 valence electrons. The minimum atomic E-state index is -0.860. The van der Waals surface area contributed by atoms with Crippen molar-refractivity contribution in [3.05, 3.63) is 29.6 Å². The number of aromatic nitrogens is 2. The molecule has 2 aromatic rings. The van der Waals surface area contributed by atoms with E-state index in [-0.39, 0.29) is 12.4 Å². The number of aromatic amines is 1. The normalized spacial score (nSPS) is 12.9. The number of carbonyl (C=O) groups excluding carboxylic acids is 1. The second kappa shape index (κ2) is 4.03. The average Bonchev–Trinajstić information content (AvgIpc) is 2.65. The average molecular weight is 219 g/mol. The highest BCUT2D eigenvalue weighted by molar-refractivity contribution is 6.02. The molecule has 0 saturated heterocycles. The van der Waals surface area contributed by atoms with Gasteiger partial charge in [-0.1, -0.05) is 0 Å². The predicted molar refractivity (Wildman–Crippen MR) is 60.2 cm³/mol. The van der Waals surface area contributed by atoms with Crippen molar-refractivity contribution in [1.29, 1.82) is 0 Å². The summed E-state index contributed by atoms with van der Waals surface area (Å²) in [5, 5.41) is 8.82. The lowest BCUT2D eigenvalue weighted by molar-refractivity contribution is 0.0925. The Labute approximate surface area is 92.3 Å². The summed E-state index contributed by atoms with van der Waals surface area (Å²) >= 11 is 0. The third kappa shape index (κ3) is 1.82. The molecular formula is C11H13N3O2. The minimum absolute atomic E-state index is 0.267. The van der Waals surface area contributed by atoms with Crippen molar-refractivity contribution in [2.75, 3.05) is 6.61 Å². The maximum absolute atomic E-state index is 11.7. The molecule has 5 heteroatoms. The van der Waals surface area contributed by atoms with Gasteiger partial charge >= 0.3 is 0 Å². The molecule has 5 nitrogen and oxygen atoms in total. The first-order chi connectivity index (χ1) is 7.61. The monoisotopic (exact) mass is 219 g/mol. The van der Waals surface area contributed by atoms with Crippen LogP contribution in [0.4, 0.5) is 0 Å². The van der Waals surface area contributed by atoms with Crippen LogP contribution in [0.3, 0.4) is 0 Å². The number of imidazole rings is 1. The standard InChI is InChI=1S/C11H13N3O2/c1-6-13-9-3-2-7(4-10(9)14-6)11(16)8(12)5-15/h2-4,8,15H,5,12H2,1H3,(H,13,14). The maximum atomic E-state index is 11.7. The SMILES string of the molecule is Cc1nc2ccc(C(=O)C(N)CO)cc2[nH]1. The zero-order valence-corrected chi connectivity index (χ0v) is 8.90. The Kier molecular flexibility index (Phi) is 2.72. The second-order valence-corrected chi connectivity index (χ2v) is 3.71. The van der Waals surface area contributed by atoms with E-state index in [1.807, 2.05) is 6.92 Å². The zero-order valence-electron chi connectivity index (χ0n) is 8.90. The quantitative estimate of drug-likeness (QED) is 0.650. The van der Waals surface area contributed by atoms with Crippen LogP contribution in [-0.2, 0) is 0 Å². The summed E-state index contributed by atoms with van der Waals surface area (Å²) in [5.41, 5.74) is 7.57. The first-order valence-electron chi connectivity index (χ1n) is 4.99. The number of H-pyrrole nitrogens is 1. The van der Waals surface area contributed by atoms with E-state index in [0.29, 0.717) is 5.56 Å². The zero-order chi connectivity index (χ0) is 11.7. The van der Waals surface area contributed by atoms with Crippen LogP contribution >= 0.6 is 0 Å². The molecule has 1 heterocycles. The minimum Gasteiger partial charge on any atom is -0.394 e. The van der Waals surface area contributed by atoms with Crippen LogP contribution in [0.5, 0.6) is 0 Å². The van der Waals surface area contributed by atoms with Gasteiger partial charge in [0.2, 0.25) is 0 Å². The maximum Gasteiger partial charge on any atom is 0.181 e. The van der Waals surface area contributed by atoms with Gasteiger partial charge in [0.25, 0.3) is 0 Å². The largest absolute Gasteiger partial charge is 0.394 e. The van der Waals surface area contributed by atoms with Crippen LogP contribution in [-0.4, -0.2) is 33.5 Å². The van der Waals surface area contributed by atoms with E-state index >= 15 is 0 Å². The number of hydrogen-bond donors (Lipinski definition) is 3. The van der Waals surface area contributed by atoms with E-state index in [1.54, 1.807) is 18.2 Å². The van der Waals surface area contributed by atoms with Crippen molar-refractivity contribution < 1.29 is 9.90 Å². The number of hydrogen-bond acceptors (Lipinski definition) is 4. The molecule has 0 saturated carbocycles. The molecule has 1 atom stereocenters. The molecule has 0 bridgehead atoms. The molecule has 1 aromatic heterocycles. The number of nitrogens with one attached hydrogen (secondary N) is 1. The van der Waals surface area contributed by atoms with Crippen molar-refractivity contribution in [2.24, 2.45) is 5.73 Å². The number of aliphatic hydroxyl groups is 1. The number of carbonyl (C=O) groups is 1. The molecule has 0 spiro atoms. The molecule has 0 radical (unpaired) electrons. The van der Waals surface area contributed by atoms with E-state index in [2.05, 4.69) is 9.97 Å². The van der Waals surface area contributed by atoms with E-state index in [4.69, 9.17) is 10.8 Å². The summed E-state index contributed by atoms with van der Waals surface area (Å²) in [6, 6.07) is 4.27. The third-order valence-electron chi connectivity index (χ3n) is 2.42. The number of Topliss-reactive ketones (excluding diaryl/α,β-unsaturated/α-hetero) is 1. The van der Waals surface area contributed by atoms with Crippen molar-refractivity contribution in [1.82, 2.24) is 9.97 Å². The Hall–Kier alpha value is -1.72. The molecule has 2 rings (SSSR count). The van der Waals surface area contributed by atoms with Crippen LogP contribution < -0.4 is 5.73 Å². The van der Waals surface area contributed by atoms with E-state index in [1.165, 1.54) is 0 Å². The van der Waals surface area contributed by atoms with Crippen molar-refractivity contribution in [2.45, 2.75) is 13.0 Å². The molecule has 1 aromatic carbocycles. The number of nitrogens with zero attached hydrogens (tertiary/aromatic N) is 1. The molecule has 0 aliphatic carbocycles. The van der Waals surface area contributed by atoms with Gasteiger partial charge in [-0.05, 0) is 25.1 Å². The fraction of sp³-hybridized carbons (Fsp3) is 0.273. The molecule has 0 fully saturated rings. The first kappa shape index (κ1) is 10.8. The number of ketones is 1. The molecule has 4 N–H and O–H groups in total. The summed E-state index contributed by atoms with van der Waals surface area (Å²) < 4.78 is 0. The lowest BCUT2D eigenvalue weighted by Gasteiger charge is -2.06. The Morgan fingerprint density at radius 1 is 1.62 bits per heavy atom. The van der Waals surface area contributed by atoms with Gasteiger partial charge < -0.3 is 15.8 Å². The lowest BCUT2D eigenvalue weighted by atomic mass is 10.1. The van der Waals surface area contributed by atoms with Crippen LogP contribution in [0.2, 0.25) is 0 Å². The number of benzene rings is 1. The molecule has 0 aliphatic rings. The summed E-state index contributed by atoms with van der Waals surface area (Å²) in [6.07, 6.45) is 0. The van der Waals surface area contributed by atoms with Crippen molar-refractivity contribution >= 4 is 16.8 Å². The smallest absolute Gasteiger partial charge is 0.181 e. The van der Waals surface area contributed by atoms with E-state index < -0.39 is 6.04 Å². The topological polar surface area (TPSA) is 92.0 Å². The highest BCUT2D eigenvalue weighted by Crippen LogP contribution is 2.14. The number of aliphatic hydroxyl groups excluding tert-OH is 1. The van der Waals surface area contributed by atoms with Gasteiger partial charge in [0.15, 0.2) is 5.78 Å². The second-order valence-electron chi connectivity index (χ2n) is 3.71. The van der Waals surface area contributed by atoms with Crippen LogP contribution in [0.1, 0.15) is 16.2 Å². The highest BCUT2D eigenvalue weighted by atomic mass is 16.3. The third-order valence-corrected chi connectivity index (χ3v) is 2.42. The number of nitrogens with two attached hydrogens (primary N) is 1. The summed E-state index contributed by atoms with van der Waals surface area (Å²) in [6.45, 7) is 1.50. The van der Waals surface area contributed by atoms with Gasteiger partial charge in [0.05, 0.1) is 23.7 Å². The Morgan fingerprint density at radius 2 is 2.38 bits per heavy atom. The summed E-state index contributed by atoms with van der Waals surface area (Å²) in [5.74, 6) is 0.530. The van der Waals surface area contributed by atoms with Gasteiger partial charge in [-0.3, -0.25) is 4.79 Å². The Morgan fingerprint density at radius 3 is 3.06 bits per heavy atom. The van der Waals surface area contributed by atoms with Gasteiger partial charge in [0, 0.05) is 5.56 Å². The lowest BCUT2D eigenvalue weighted by Crippen LogP contribution is -2.33. The van der Waals surface area contributed by atoms with Crippen LogP contribution in [0, 0.1) is 6.92 Å². The number of aryl methyl sites for hydroxylation is 1. The number of rotatable bonds is 3. The van der Waals surface area contributed by atoms with Crippen molar-refractivity contribution in [3.63, 3.8) is 0 Å². The molecule has 0 amide bonds. The summed E-state index contributed by atoms with van der Waals surface area (Å²) in [7, 11) is 0. The fourth-order valence-corrected chi connectivity index (χ4v) is 1.59. The Balaban J connectivity index is 2.42. The fourth-order valence-electron chi connectivity index (χ4n) is 1.59. The number of fused-ring (bicyclic) bond motifs is 1. The van der Waals surface area contributed by atoms with Crippen LogP contribution in [0.25, 0.3) is 11.0 Å². The molecular weight excluding hydrogens is 206 g/mol. The van der Waals surface area contributed by atoms with Crippen LogP contribution in [0.15, 0.2) is 18.2 Å². The van der Waals surface area contributed by atoms with Gasteiger partial charge in [-0.2, -0.15) is 0 Å². The van der Waals surface area contributed by atoms with Crippen molar-refractivity contribution in [3.8, 4) is 0 Å². The molecule has 0 aliphatic heterocycles. The van der Waals surface area contributed by atoms with Gasteiger partial charge in [-0.15, -0.1) is 0 Å². The first-order valence-corrected chi connectivity index (χ1v) is 4.99.